The van der Waals surface area contributed by atoms with Crippen molar-refractivity contribution in [3.05, 3.63) is 34.4 Å². The lowest BCUT2D eigenvalue weighted by atomic mass is 9.78. The Morgan fingerprint density at radius 2 is 1.90 bits per heavy atom. The fraction of sp³-hybridized carbons (Fsp3) is 0.562. The highest BCUT2D eigenvalue weighted by Gasteiger charge is 2.41. The van der Waals surface area contributed by atoms with Crippen molar-refractivity contribution in [3.63, 3.8) is 0 Å². The van der Waals surface area contributed by atoms with Gasteiger partial charge in [-0.05, 0) is 55.9 Å². The topological polar surface area (TPSA) is 20.3 Å². The first-order chi connectivity index (χ1) is 9.79. The molecular formula is C16H18F3NO. The van der Waals surface area contributed by atoms with Gasteiger partial charge in [0.1, 0.15) is 0 Å². The number of halogens is 3. The van der Waals surface area contributed by atoms with E-state index >= 15 is 0 Å². The van der Waals surface area contributed by atoms with Crippen LogP contribution in [0.1, 0.15) is 66.1 Å². The molecule has 21 heavy (non-hydrogen) atoms. The second-order valence-electron chi connectivity index (χ2n) is 6.25. The molecule has 0 N–H and O–H groups in total. The van der Waals surface area contributed by atoms with Crippen molar-refractivity contribution in [1.82, 2.24) is 4.90 Å². The summed E-state index contributed by atoms with van der Waals surface area (Å²) < 4.78 is 40.0. The van der Waals surface area contributed by atoms with E-state index in [1.807, 2.05) is 13.8 Å². The van der Waals surface area contributed by atoms with Crippen molar-refractivity contribution in [2.45, 2.75) is 57.8 Å². The summed E-state index contributed by atoms with van der Waals surface area (Å²) in [5, 5.41) is 0. The highest BCUT2D eigenvalue weighted by atomic mass is 19.4. The lowest BCUT2D eigenvalue weighted by molar-refractivity contribution is -0.138. The maximum atomic E-state index is 13.3. The summed E-state index contributed by atoms with van der Waals surface area (Å²) in [5.74, 6) is -0.0935. The molecule has 0 spiro atoms. The van der Waals surface area contributed by atoms with Crippen LogP contribution in [-0.2, 0) is 12.7 Å². The molecule has 3 rings (SSSR count). The standard InChI is InChI=1S/C16H18F3NO/c1-9(2)20-8-13-12(15(20)21)6-11(10-4-3-5-10)7-14(13)16(17,18)19/h6-7,9-10H,3-5,8H2,1-2H3. The highest BCUT2D eigenvalue weighted by Crippen LogP contribution is 2.43. The van der Waals surface area contributed by atoms with Gasteiger partial charge in [0.25, 0.3) is 5.91 Å². The monoisotopic (exact) mass is 297 g/mol. The largest absolute Gasteiger partial charge is 0.416 e. The van der Waals surface area contributed by atoms with Gasteiger partial charge in [-0.2, -0.15) is 13.2 Å². The summed E-state index contributed by atoms with van der Waals surface area (Å²) in [7, 11) is 0. The van der Waals surface area contributed by atoms with Crippen molar-refractivity contribution in [1.29, 1.82) is 0 Å². The maximum Gasteiger partial charge on any atom is 0.416 e. The zero-order valence-corrected chi connectivity index (χ0v) is 12.1. The minimum atomic E-state index is -4.41. The molecule has 1 aromatic carbocycles. The Hall–Kier alpha value is -1.52. The van der Waals surface area contributed by atoms with Crippen LogP contribution in [-0.4, -0.2) is 16.8 Å². The summed E-state index contributed by atoms with van der Waals surface area (Å²) in [6.45, 7) is 3.71. The van der Waals surface area contributed by atoms with Crippen LogP contribution in [0.2, 0.25) is 0 Å². The molecule has 1 aromatic rings. The van der Waals surface area contributed by atoms with Crippen LogP contribution in [0, 0.1) is 0 Å². The van der Waals surface area contributed by atoms with Gasteiger partial charge in [-0.25, -0.2) is 0 Å². The van der Waals surface area contributed by atoms with Crippen LogP contribution in [0.15, 0.2) is 12.1 Å². The maximum absolute atomic E-state index is 13.3. The number of hydrogen-bond acceptors (Lipinski definition) is 1. The van der Waals surface area contributed by atoms with Gasteiger partial charge >= 0.3 is 6.18 Å². The van der Waals surface area contributed by atoms with Crippen LogP contribution in [0.3, 0.4) is 0 Å². The Balaban J connectivity index is 2.11. The number of benzene rings is 1. The fourth-order valence-electron chi connectivity index (χ4n) is 3.10. The van der Waals surface area contributed by atoms with Gasteiger partial charge in [0.05, 0.1) is 5.56 Å². The first-order valence-corrected chi connectivity index (χ1v) is 7.34. The van der Waals surface area contributed by atoms with Crippen molar-refractivity contribution in [2.24, 2.45) is 0 Å². The van der Waals surface area contributed by atoms with Crippen LogP contribution in [0.5, 0.6) is 0 Å². The van der Waals surface area contributed by atoms with Crippen molar-refractivity contribution >= 4 is 5.91 Å². The Morgan fingerprint density at radius 3 is 2.38 bits per heavy atom. The third kappa shape index (κ3) is 2.32. The number of alkyl halides is 3. The Bertz CT molecular complexity index is 588. The summed E-state index contributed by atoms with van der Waals surface area (Å²) in [4.78, 5) is 13.9. The third-order valence-electron chi connectivity index (χ3n) is 4.60. The molecule has 0 saturated heterocycles. The number of amides is 1. The van der Waals surface area contributed by atoms with E-state index in [9.17, 15) is 18.0 Å². The van der Waals surface area contributed by atoms with Gasteiger partial charge in [0.15, 0.2) is 0 Å². The predicted octanol–water partition coefficient (Wildman–Crippen LogP) is 4.34. The van der Waals surface area contributed by atoms with E-state index in [-0.39, 0.29) is 35.5 Å². The molecule has 0 aromatic heterocycles. The van der Waals surface area contributed by atoms with E-state index in [0.29, 0.717) is 5.56 Å². The first-order valence-electron chi connectivity index (χ1n) is 7.34. The number of carbonyl (C=O) groups excluding carboxylic acids is 1. The van der Waals surface area contributed by atoms with Crippen LogP contribution in [0.4, 0.5) is 13.2 Å². The highest BCUT2D eigenvalue weighted by molar-refractivity contribution is 5.99. The lowest BCUT2D eigenvalue weighted by Gasteiger charge is -2.27. The molecule has 5 heteroatoms. The van der Waals surface area contributed by atoms with Gasteiger partial charge in [-0.1, -0.05) is 6.42 Å². The first kappa shape index (κ1) is 14.4. The normalized spacial score (nSPS) is 19.1. The minimum absolute atomic E-state index is 0.0611. The molecule has 0 radical (unpaired) electrons. The lowest BCUT2D eigenvalue weighted by Crippen LogP contribution is -2.30. The molecule has 1 heterocycles. The summed E-state index contributed by atoms with van der Waals surface area (Å²) in [6.07, 6.45) is -1.53. The zero-order valence-electron chi connectivity index (χ0n) is 12.1. The average molecular weight is 297 g/mol. The second kappa shape index (κ2) is 4.75. The molecule has 2 nitrogen and oxygen atoms in total. The molecule has 1 aliphatic heterocycles. The minimum Gasteiger partial charge on any atom is -0.332 e. The average Bonchev–Trinajstić information content (AvgIpc) is 2.63. The third-order valence-corrected chi connectivity index (χ3v) is 4.60. The predicted molar refractivity (Wildman–Crippen MR) is 73.0 cm³/mol. The van der Waals surface area contributed by atoms with Gasteiger partial charge in [-0.15, -0.1) is 0 Å². The number of rotatable bonds is 2. The second-order valence-corrected chi connectivity index (χ2v) is 6.25. The van der Waals surface area contributed by atoms with E-state index in [4.69, 9.17) is 0 Å². The Morgan fingerprint density at radius 1 is 1.24 bits per heavy atom. The van der Waals surface area contributed by atoms with Gasteiger partial charge in [-0.3, -0.25) is 4.79 Å². The number of hydrogen-bond donors (Lipinski definition) is 0. The van der Waals surface area contributed by atoms with Gasteiger partial charge in [0.2, 0.25) is 0 Å². The molecule has 0 atom stereocenters. The summed E-state index contributed by atoms with van der Waals surface area (Å²) in [5.41, 5.74) is 0.439. The molecule has 1 amide bonds. The number of fused-ring (bicyclic) bond motifs is 1. The molecule has 0 unspecified atom stereocenters. The van der Waals surface area contributed by atoms with E-state index in [2.05, 4.69) is 0 Å². The van der Waals surface area contributed by atoms with Crippen LogP contribution in [0.25, 0.3) is 0 Å². The fourth-order valence-corrected chi connectivity index (χ4v) is 3.10. The van der Waals surface area contributed by atoms with Crippen molar-refractivity contribution in [3.8, 4) is 0 Å². The van der Waals surface area contributed by atoms with E-state index in [0.717, 1.165) is 19.3 Å². The molecule has 114 valence electrons. The number of carbonyl (C=O) groups is 1. The van der Waals surface area contributed by atoms with Crippen LogP contribution < -0.4 is 0 Å². The zero-order chi connectivity index (χ0) is 15.4. The molecule has 1 fully saturated rings. The van der Waals surface area contributed by atoms with Gasteiger partial charge < -0.3 is 4.90 Å². The van der Waals surface area contributed by atoms with E-state index < -0.39 is 11.7 Å². The quantitative estimate of drug-likeness (QED) is 0.795. The molecule has 2 aliphatic rings. The SMILES string of the molecule is CC(C)N1Cc2c(cc(C3CCC3)cc2C(F)(F)F)C1=O. The molecule has 0 bridgehead atoms. The smallest absolute Gasteiger partial charge is 0.332 e. The van der Waals surface area contributed by atoms with E-state index in [1.165, 1.54) is 11.0 Å². The Kier molecular flexibility index (Phi) is 3.26. The van der Waals surface area contributed by atoms with Gasteiger partial charge in [0, 0.05) is 18.2 Å². The molecule has 1 saturated carbocycles. The number of nitrogens with zero attached hydrogens (tertiary/aromatic N) is 1. The van der Waals surface area contributed by atoms with Crippen molar-refractivity contribution < 1.29 is 18.0 Å². The molecule has 1 aliphatic carbocycles. The van der Waals surface area contributed by atoms with Crippen molar-refractivity contribution in [2.75, 3.05) is 0 Å². The molecular weight excluding hydrogens is 279 g/mol. The summed E-state index contributed by atoms with van der Waals surface area (Å²) >= 11 is 0. The summed E-state index contributed by atoms with van der Waals surface area (Å²) in [6, 6.07) is 2.86. The van der Waals surface area contributed by atoms with Crippen LogP contribution >= 0.6 is 0 Å². The Labute approximate surface area is 121 Å². The van der Waals surface area contributed by atoms with E-state index in [1.54, 1.807) is 6.07 Å².